The van der Waals surface area contributed by atoms with E-state index < -0.39 is 0 Å². The molecule has 3 N–H and O–H groups in total. The number of hydrogen-bond acceptors (Lipinski definition) is 3. The fourth-order valence-corrected chi connectivity index (χ4v) is 2.89. The zero-order chi connectivity index (χ0) is 14.0. The number of nitrogens with one attached hydrogen (secondary N) is 1. The molecule has 0 saturated heterocycles. The second-order valence-electron chi connectivity index (χ2n) is 4.05. The maximum absolute atomic E-state index is 12.1. The van der Waals surface area contributed by atoms with Crippen LogP contribution in [0.25, 0.3) is 0 Å². The Kier molecular flexibility index (Phi) is 4.21. The number of nitrogens with zero attached hydrogens (tertiary/aromatic N) is 1. The quantitative estimate of drug-likeness (QED) is 0.828. The standard InChI is InChI=1S/C13H11Br2N3O/c1-7-2-11(16)6-17-12(7)18-13(19)8-3-9(14)5-10(15)4-8/h2-6H,16H2,1H3,(H,17,18,19). The van der Waals surface area contributed by atoms with Gasteiger partial charge in [0.05, 0.1) is 11.9 Å². The molecule has 0 aliphatic carbocycles. The van der Waals surface area contributed by atoms with Crippen LogP contribution in [0.15, 0.2) is 39.4 Å². The van der Waals surface area contributed by atoms with Crippen molar-refractivity contribution in [1.29, 1.82) is 0 Å². The van der Waals surface area contributed by atoms with Crippen LogP contribution in [-0.4, -0.2) is 10.9 Å². The zero-order valence-corrected chi connectivity index (χ0v) is 13.2. The van der Waals surface area contributed by atoms with Crippen molar-refractivity contribution in [3.63, 3.8) is 0 Å². The van der Waals surface area contributed by atoms with Crippen LogP contribution in [0.3, 0.4) is 0 Å². The third-order valence-electron chi connectivity index (χ3n) is 2.46. The van der Waals surface area contributed by atoms with E-state index in [0.29, 0.717) is 17.1 Å². The van der Waals surface area contributed by atoms with Crippen molar-refractivity contribution in [3.05, 3.63) is 50.5 Å². The molecule has 0 aliphatic rings. The number of nitrogens with two attached hydrogens (primary N) is 1. The molecule has 4 nitrogen and oxygen atoms in total. The Morgan fingerprint density at radius 1 is 1.21 bits per heavy atom. The van der Waals surface area contributed by atoms with Gasteiger partial charge in [0.25, 0.3) is 5.91 Å². The van der Waals surface area contributed by atoms with Crippen molar-refractivity contribution < 1.29 is 4.79 Å². The highest BCUT2D eigenvalue weighted by atomic mass is 79.9. The number of nitrogen functional groups attached to an aromatic ring is 1. The van der Waals surface area contributed by atoms with Gasteiger partial charge in [-0.3, -0.25) is 4.79 Å². The summed E-state index contributed by atoms with van der Waals surface area (Å²) in [6, 6.07) is 7.11. The molecule has 0 atom stereocenters. The van der Waals surface area contributed by atoms with Gasteiger partial charge in [-0.1, -0.05) is 31.9 Å². The fourth-order valence-electron chi connectivity index (χ4n) is 1.59. The first-order valence-corrected chi connectivity index (χ1v) is 7.04. The topological polar surface area (TPSA) is 68.0 Å². The molecule has 1 aromatic carbocycles. The first-order valence-electron chi connectivity index (χ1n) is 5.45. The SMILES string of the molecule is Cc1cc(N)cnc1NC(=O)c1cc(Br)cc(Br)c1. The zero-order valence-electron chi connectivity index (χ0n) is 10.1. The molecule has 2 aromatic rings. The van der Waals surface area contributed by atoms with Gasteiger partial charge in [0, 0.05) is 14.5 Å². The molecule has 1 heterocycles. The van der Waals surface area contributed by atoms with Crippen LogP contribution in [-0.2, 0) is 0 Å². The Morgan fingerprint density at radius 2 is 1.84 bits per heavy atom. The molecule has 0 unspecified atom stereocenters. The van der Waals surface area contributed by atoms with Crippen LogP contribution < -0.4 is 11.1 Å². The highest BCUT2D eigenvalue weighted by Crippen LogP contribution is 2.21. The van der Waals surface area contributed by atoms with E-state index in [1.807, 2.05) is 13.0 Å². The number of anilines is 2. The minimum atomic E-state index is -0.220. The number of carbonyl (C=O) groups is 1. The predicted octanol–water partition coefficient (Wildman–Crippen LogP) is 3.75. The summed E-state index contributed by atoms with van der Waals surface area (Å²) in [5, 5.41) is 2.76. The first kappa shape index (κ1) is 14.0. The molecule has 98 valence electrons. The smallest absolute Gasteiger partial charge is 0.256 e. The predicted molar refractivity (Wildman–Crippen MR) is 83.2 cm³/mol. The maximum atomic E-state index is 12.1. The largest absolute Gasteiger partial charge is 0.397 e. The number of rotatable bonds is 2. The van der Waals surface area contributed by atoms with E-state index in [0.717, 1.165) is 14.5 Å². The van der Waals surface area contributed by atoms with Crippen LogP contribution in [0.4, 0.5) is 11.5 Å². The van der Waals surface area contributed by atoms with Gasteiger partial charge < -0.3 is 11.1 Å². The molecule has 0 spiro atoms. The van der Waals surface area contributed by atoms with Crippen LogP contribution in [0, 0.1) is 6.92 Å². The lowest BCUT2D eigenvalue weighted by molar-refractivity contribution is 0.102. The van der Waals surface area contributed by atoms with E-state index in [4.69, 9.17) is 5.73 Å². The minimum absolute atomic E-state index is 0.220. The van der Waals surface area contributed by atoms with E-state index in [1.165, 1.54) is 6.20 Å². The molecule has 0 radical (unpaired) electrons. The summed E-state index contributed by atoms with van der Waals surface area (Å²) >= 11 is 6.70. The molecule has 6 heteroatoms. The normalized spacial score (nSPS) is 10.3. The summed E-state index contributed by atoms with van der Waals surface area (Å²) in [6.07, 6.45) is 1.51. The van der Waals surface area contributed by atoms with E-state index in [9.17, 15) is 4.79 Å². The highest BCUT2D eigenvalue weighted by Gasteiger charge is 2.10. The second kappa shape index (κ2) is 5.71. The number of amides is 1. The van der Waals surface area contributed by atoms with Gasteiger partial charge in [-0.2, -0.15) is 0 Å². The number of pyridine rings is 1. The molecule has 0 aliphatic heterocycles. The van der Waals surface area contributed by atoms with E-state index in [2.05, 4.69) is 42.2 Å². The molecule has 0 saturated carbocycles. The van der Waals surface area contributed by atoms with Crippen molar-refractivity contribution in [2.45, 2.75) is 6.92 Å². The fraction of sp³-hybridized carbons (Fsp3) is 0.0769. The second-order valence-corrected chi connectivity index (χ2v) is 5.88. The molecule has 2 rings (SSSR count). The van der Waals surface area contributed by atoms with E-state index in [1.54, 1.807) is 18.2 Å². The molecule has 0 fully saturated rings. The Morgan fingerprint density at radius 3 is 2.42 bits per heavy atom. The van der Waals surface area contributed by atoms with Crippen molar-refractivity contribution in [3.8, 4) is 0 Å². The molecular formula is C13H11Br2N3O. The maximum Gasteiger partial charge on any atom is 0.256 e. The minimum Gasteiger partial charge on any atom is -0.397 e. The van der Waals surface area contributed by atoms with E-state index >= 15 is 0 Å². The molecular weight excluding hydrogens is 374 g/mol. The summed E-state index contributed by atoms with van der Waals surface area (Å²) in [4.78, 5) is 16.2. The van der Waals surface area contributed by atoms with Gasteiger partial charge in [-0.05, 0) is 36.8 Å². The van der Waals surface area contributed by atoms with Gasteiger partial charge in [-0.15, -0.1) is 0 Å². The number of hydrogen-bond donors (Lipinski definition) is 2. The number of aromatic nitrogens is 1. The monoisotopic (exact) mass is 383 g/mol. The number of benzene rings is 1. The van der Waals surface area contributed by atoms with Crippen molar-refractivity contribution >= 4 is 49.3 Å². The average Bonchev–Trinajstić information content (AvgIpc) is 2.31. The lowest BCUT2D eigenvalue weighted by atomic mass is 10.2. The summed E-state index contributed by atoms with van der Waals surface area (Å²) in [6.45, 7) is 1.84. The summed E-state index contributed by atoms with van der Waals surface area (Å²) < 4.78 is 1.66. The average molecular weight is 385 g/mol. The third-order valence-corrected chi connectivity index (χ3v) is 3.37. The van der Waals surface area contributed by atoms with Gasteiger partial charge in [0.15, 0.2) is 0 Å². The number of aryl methyl sites for hydroxylation is 1. The van der Waals surface area contributed by atoms with Gasteiger partial charge >= 0.3 is 0 Å². The third kappa shape index (κ3) is 3.54. The lowest BCUT2D eigenvalue weighted by Crippen LogP contribution is -2.14. The van der Waals surface area contributed by atoms with Crippen molar-refractivity contribution in [2.24, 2.45) is 0 Å². The lowest BCUT2D eigenvalue weighted by Gasteiger charge is -2.08. The Bertz CT molecular complexity index is 624. The summed E-state index contributed by atoms with van der Waals surface area (Å²) in [7, 11) is 0. The van der Waals surface area contributed by atoms with Gasteiger partial charge in [0.2, 0.25) is 0 Å². The number of carbonyl (C=O) groups excluding carboxylic acids is 1. The van der Waals surface area contributed by atoms with Crippen LogP contribution in [0.1, 0.15) is 15.9 Å². The summed E-state index contributed by atoms with van der Waals surface area (Å²) in [5.74, 6) is 0.290. The molecule has 1 aromatic heterocycles. The molecule has 19 heavy (non-hydrogen) atoms. The van der Waals surface area contributed by atoms with Crippen molar-refractivity contribution in [2.75, 3.05) is 11.1 Å². The highest BCUT2D eigenvalue weighted by molar-refractivity contribution is 9.11. The Balaban J connectivity index is 2.25. The molecule has 0 bridgehead atoms. The molecule has 1 amide bonds. The Labute approximate surface area is 127 Å². The Hall–Kier alpha value is -1.40. The van der Waals surface area contributed by atoms with Crippen molar-refractivity contribution in [1.82, 2.24) is 4.98 Å². The van der Waals surface area contributed by atoms with Crippen LogP contribution in [0.2, 0.25) is 0 Å². The van der Waals surface area contributed by atoms with Gasteiger partial charge in [0.1, 0.15) is 5.82 Å². The summed E-state index contributed by atoms with van der Waals surface area (Å²) in [5.41, 5.74) is 7.55. The number of halogens is 2. The van der Waals surface area contributed by atoms with Crippen LogP contribution >= 0.6 is 31.9 Å². The van der Waals surface area contributed by atoms with Crippen LogP contribution in [0.5, 0.6) is 0 Å². The first-order chi connectivity index (χ1) is 8.95. The van der Waals surface area contributed by atoms with Gasteiger partial charge in [-0.25, -0.2) is 4.98 Å². The van der Waals surface area contributed by atoms with E-state index in [-0.39, 0.29) is 5.91 Å².